The second-order valence-corrected chi connectivity index (χ2v) is 8.84. The predicted molar refractivity (Wildman–Crippen MR) is 103 cm³/mol. The number of ether oxygens (including phenoxy) is 1. The van der Waals surface area contributed by atoms with Crippen molar-refractivity contribution in [2.24, 2.45) is 7.05 Å². The van der Waals surface area contributed by atoms with E-state index in [2.05, 4.69) is 26.7 Å². The van der Waals surface area contributed by atoms with E-state index in [4.69, 9.17) is 4.74 Å². The van der Waals surface area contributed by atoms with Crippen LogP contribution in [0.4, 0.5) is 13.2 Å². The summed E-state index contributed by atoms with van der Waals surface area (Å²) in [5.74, 6) is 0.0388. The van der Waals surface area contributed by atoms with Crippen molar-refractivity contribution in [3.05, 3.63) is 36.2 Å². The molecule has 3 aromatic rings. The molecule has 3 rings (SSSR count). The number of rotatable bonds is 6. The Balaban J connectivity index is 2.20. The van der Waals surface area contributed by atoms with Gasteiger partial charge in [-0.05, 0) is 12.5 Å². The van der Waals surface area contributed by atoms with Crippen LogP contribution in [-0.4, -0.2) is 45.5 Å². The Morgan fingerprint density at radius 1 is 1.27 bits per heavy atom. The van der Waals surface area contributed by atoms with Crippen LogP contribution < -0.4 is 4.74 Å². The minimum Gasteiger partial charge on any atom is -0.488 e. The minimum atomic E-state index is -4.68. The minimum absolute atomic E-state index is 0.0198. The first-order valence-corrected chi connectivity index (χ1v) is 10.4. The number of aromatic nitrogens is 5. The number of alkyl halides is 3. The zero-order valence-corrected chi connectivity index (χ0v) is 17.2. The standard InChI is InChI=1S/C18H18F3N5O3S/c1-5-30(27,28)13-6-11(29-9-10(2)3)8-22-15(13)17-23-12-7-14(18(19,20)21)24-25-16(12)26(17)4/h6-8H,2,5,9H2,1,3-4H3. The first kappa shape index (κ1) is 21.7. The van der Waals surface area contributed by atoms with E-state index < -0.39 is 21.7 Å². The fourth-order valence-corrected chi connectivity index (χ4v) is 3.65. The quantitative estimate of drug-likeness (QED) is 0.542. The molecule has 0 unspecified atom stereocenters. The van der Waals surface area contributed by atoms with E-state index in [1.54, 1.807) is 6.92 Å². The van der Waals surface area contributed by atoms with E-state index in [9.17, 15) is 21.6 Å². The van der Waals surface area contributed by atoms with Crippen molar-refractivity contribution in [3.8, 4) is 17.3 Å². The second-order valence-electron chi connectivity index (χ2n) is 6.60. The lowest BCUT2D eigenvalue weighted by Gasteiger charge is -2.12. The largest absolute Gasteiger partial charge is 0.488 e. The summed E-state index contributed by atoms with van der Waals surface area (Å²) >= 11 is 0. The number of fused-ring (bicyclic) bond motifs is 1. The molecule has 0 fully saturated rings. The molecule has 0 amide bonds. The summed E-state index contributed by atoms with van der Waals surface area (Å²) < 4.78 is 71.0. The lowest BCUT2D eigenvalue weighted by Crippen LogP contribution is -2.10. The van der Waals surface area contributed by atoms with Crippen molar-refractivity contribution < 1.29 is 26.3 Å². The molecule has 8 nitrogen and oxygen atoms in total. The first-order chi connectivity index (χ1) is 13.9. The number of nitrogens with zero attached hydrogens (tertiary/aromatic N) is 5. The summed E-state index contributed by atoms with van der Waals surface area (Å²) in [6, 6.07) is 2.07. The third-order valence-electron chi connectivity index (χ3n) is 4.15. The summed E-state index contributed by atoms with van der Waals surface area (Å²) in [4.78, 5) is 8.18. The fraction of sp³-hybridized carbons (Fsp3) is 0.333. The van der Waals surface area contributed by atoms with E-state index in [0.29, 0.717) is 0 Å². The van der Waals surface area contributed by atoms with Gasteiger partial charge in [0.25, 0.3) is 0 Å². The molecule has 0 saturated heterocycles. The van der Waals surface area contributed by atoms with Crippen LogP contribution in [0.5, 0.6) is 5.75 Å². The number of pyridine rings is 1. The molecule has 3 heterocycles. The van der Waals surface area contributed by atoms with E-state index in [0.717, 1.165) is 11.6 Å². The van der Waals surface area contributed by atoms with Crippen molar-refractivity contribution in [1.82, 2.24) is 24.7 Å². The van der Waals surface area contributed by atoms with Crippen LogP contribution in [0.2, 0.25) is 0 Å². The molecule has 30 heavy (non-hydrogen) atoms. The van der Waals surface area contributed by atoms with E-state index in [-0.39, 0.29) is 45.7 Å². The fourth-order valence-electron chi connectivity index (χ4n) is 2.61. The summed E-state index contributed by atoms with van der Waals surface area (Å²) in [6.07, 6.45) is -3.37. The van der Waals surface area contributed by atoms with Crippen molar-refractivity contribution in [3.63, 3.8) is 0 Å². The van der Waals surface area contributed by atoms with Crippen molar-refractivity contribution >= 4 is 21.0 Å². The van der Waals surface area contributed by atoms with Gasteiger partial charge in [0.05, 0.1) is 11.9 Å². The monoisotopic (exact) mass is 441 g/mol. The Hall–Kier alpha value is -3.02. The maximum atomic E-state index is 12.9. The predicted octanol–water partition coefficient (Wildman–Crippen LogP) is 3.19. The van der Waals surface area contributed by atoms with Gasteiger partial charge in [-0.1, -0.05) is 13.5 Å². The third-order valence-corrected chi connectivity index (χ3v) is 5.89. The average Bonchev–Trinajstić information content (AvgIpc) is 3.01. The second kappa shape index (κ2) is 7.67. The van der Waals surface area contributed by atoms with Gasteiger partial charge in [0.15, 0.2) is 27.0 Å². The highest BCUT2D eigenvalue weighted by Gasteiger charge is 2.34. The summed E-state index contributed by atoms with van der Waals surface area (Å²) in [5.41, 5.74) is -0.513. The molecule has 0 aliphatic carbocycles. The molecule has 0 bridgehead atoms. The van der Waals surface area contributed by atoms with E-state index in [1.165, 1.54) is 30.8 Å². The van der Waals surface area contributed by atoms with Crippen LogP contribution in [0.1, 0.15) is 19.5 Å². The topological polar surface area (TPSA) is 99.9 Å². The normalized spacial score (nSPS) is 12.3. The zero-order valence-electron chi connectivity index (χ0n) is 16.4. The summed E-state index contributed by atoms with van der Waals surface area (Å²) in [7, 11) is -2.27. The zero-order chi connectivity index (χ0) is 22.3. The third kappa shape index (κ3) is 4.13. The van der Waals surface area contributed by atoms with Gasteiger partial charge in [-0.2, -0.15) is 13.2 Å². The molecule has 0 spiro atoms. The van der Waals surface area contributed by atoms with Crippen LogP contribution in [-0.2, 0) is 23.1 Å². The molecule has 12 heteroatoms. The van der Waals surface area contributed by atoms with Crippen LogP contribution >= 0.6 is 0 Å². The van der Waals surface area contributed by atoms with Gasteiger partial charge in [0.2, 0.25) is 0 Å². The highest BCUT2D eigenvalue weighted by atomic mass is 32.2. The lowest BCUT2D eigenvalue weighted by atomic mass is 10.3. The highest BCUT2D eigenvalue weighted by molar-refractivity contribution is 7.91. The Morgan fingerprint density at radius 3 is 2.57 bits per heavy atom. The van der Waals surface area contributed by atoms with Crippen LogP contribution in [0.25, 0.3) is 22.7 Å². The molecule has 0 aliphatic rings. The maximum Gasteiger partial charge on any atom is 0.435 e. The first-order valence-electron chi connectivity index (χ1n) is 8.71. The SMILES string of the molecule is C=C(C)COc1cnc(-c2nc3cc(C(F)(F)F)nnc3n2C)c(S(=O)(=O)CC)c1. The number of sulfone groups is 1. The van der Waals surface area contributed by atoms with Crippen LogP contribution in [0, 0.1) is 0 Å². The molecule has 0 saturated carbocycles. The Bertz CT molecular complexity index is 1240. The lowest BCUT2D eigenvalue weighted by molar-refractivity contribution is -0.141. The van der Waals surface area contributed by atoms with Crippen LogP contribution in [0.15, 0.2) is 35.4 Å². The van der Waals surface area contributed by atoms with Crippen molar-refractivity contribution in [2.45, 2.75) is 24.9 Å². The highest BCUT2D eigenvalue weighted by Crippen LogP contribution is 2.32. The van der Waals surface area contributed by atoms with E-state index in [1.807, 2.05) is 0 Å². The van der Waals surface area contributed by atoms with Gasteiger partial charge in [-0.25, -0.2) is 18.4 Å². The number of halogens is 3. The van der Waals surface area contributed by atoms with E-state index >= 15 is 0 Å². The van der Waals surface area contributed by atoms with Gasteiger partial charge in [-0.15, -0.1) is 10.2 Å². The molecule has 3 aromatic heterocycles. The molecule has 0 atom stereocenters. The number of aryl methyl sites for hydroxylation is 1. The molecule has 160 valence electrons. The van der Waals surface area contributed by atoms with Gasteiger partial charge in [0, 0.05) is 19.2 Å². The van der Waals surface area contributed by atoms with Crippen LogP contribution in [0.3, 0.4) is 0 Å². The Kier molecular flexibility index (Phi) is 5.54. The van der Waals surface area contributed by atoms with Gasteiger partial charge in [0.1, 0.15) is 28.5 Å². The average molecular weight is 441 g/mol. The maximum absolute atomic E-state index is 12.9. The summed E-state index contributed by atoms with van der Waals surface area (Å²) in [6.45, 7) is 7.11. The summed E-state index contributed by atoms with van der Waals surface area (Å²) in [5, 5.41) is 6.78. The van der Waals surface area contributed by atoms with Gasteiger partial charge >= 0.3 is 6.18 Å². The van der Waals surface area contributed by atoms with Crippen molar-refractivity contribution in [2.75, 3.05) is 12.4 Å². The molecule has 0 aliphatic heterocycles. The molecular formula is C18H18F3N5O3S. The molecule has 0 radical (unpaired) electrons. The van der Waals surface area contributed by atoms with Gasteiger partial charge < -0.3 is 9.30 Å². The molecule has 0 N–H and O–H groups in total. The number of imidazole rings is 1. The van der Waals surface area contributed by atoms with Gasteiger partial charge in [-0.3, -0.25) is 0 Å². The Labute approximate surface area is 170 Å². The number of hydrogen-bond acceptors (Lipinski definition) is 7. The Morgan fingerprint density at radius 2 is 1.97 bits per heavy atom. The smallest absolute Gasteiger partial charge is 0.435 e. The van der Waals surface area contributed by atoms with Crippen molar-refractivity contribution in [1.29, 1.82) is 0 Å². The molecular weight excluding hydrogens is 423 g/mol. The number of hydrogen-bond donors (Lipinski definition) is 0. The molecule has 0 aromatic carbocycles.